The van der Waals surface area contributed by atoms with Crippen molar-refractivity contribution in [2.45, 2.75) is 25.6 Å². The van der Waals surface area contributed by atoms with Crippen LogP contribution in [-0.2, 0) is 10.9 Å². The van der Waals surface area contributed by atoms with E-state index in [-0.39, 0.29) is 18.0 Å². The predicted molar refractivity (Wildman–Crippen MR) is 65.4 cm³/mol. The molecule has 1 rings (SSSR count). The second-order valence-electron chi connectivity index (χ2n) is 4.74. The maximum absolute atomic E-state index is 12.9. The van der Waals surface area contributed by atoms with E-state index < -0.39 is 17.3 Å². The number of anilines is 2. The molecule has 0 aliphatic carbocycles. The molecule has 0 aliphatic rings. The maximum Gasteiger partial charge on any atom is 0.418 e. The molecule has 0 amide bonds. The van der Waals surface area contributed by atoms with E-state index in [1.165, 1.54) is 19.2 Å². The van der Waals surface area contributed by atoms with Crippen LogP contribution in [0.25, 0.3) is 0 Å². The van der Waals surface area contributed by atoms with Gasteiger partial charge in [0.25, 0.3) is 0 Å². The van der Waals surface area contributed by atoms with Crippen molar-refractivity contribution in [3.63, 3.8) is 0 Å². The molecule has 3 nitrogen and oxygen atoms in total. The number of halogens is 3. The van der Waals surface area contributed by atoms with Crippen LogP contribution in [0.1, 0.15) is 19.4 Å². The lowest BCUT2D eigenvalue weighted by molar-refractivity contribution is -0.137. The van der Waals surface area contributed by atoms with Crippen molar-refractivity contribution in [2.24, 2.45) is 0 Å². The molecule has 0 bridgehead atoms. The predicted octanol–water partition coefficient (Wildman–Crippen LogP) is 3.12. The minimum absolute atomic E-state index is 0.00116. The lowest BCUT2D eigenvalue weighted by Gasteiger charge is -2.28. The molecule has 0 unspecified atom stereocenters. The number of hydrogen-bond acceptors (Lipinski definition) is 3. The van der Waals surface area contributed by atoms with Crippen LogP contribution in [0.4, 0.5) is 24.5 Å². The zero-order valence-electron chi connectivity index (χ0n) is 10.6. The molecule has 102 valence electrons. The summed E-state index contributed by atoms with van der Waals surface area (Å²) in [5.74, 6) is 0. The number of rotatable bonds is 4. The molecule has 18 heavy (non-hydrogen) atoms. The van der Waals surface area contributed by atoms with Crippen LogP contribution < -0.4 is 11.1 Å². The number of nitrogen functional groups attached to an aromatic ring is 1. The van der Waals surface area contributed by atoms with Gasteiger partial charge < -0.3 is 15.8 Å². The Labute approximate surface area is 104 Å². The highest BCUT2D eigenvalue weighted by atomic mass is 19.4. The summed E-state index contributed by atoms with van der Waals surface area (Å²) in [7, 11) is 1.50. The van der Waals surface area contributed by atoms with Gasteiger partial charge in [-0.15, -0.1) is 0 Å². The quantitative estimate of drug-likeness (QED) is 0.819. The highest BCUT2D eigenvalue weighted by molar-refractivity contribution is 5.60. The second-order valence-corrected chi connectivity index (χ2v) is 4.74. The molecule has 0 spiro atoms. The fraction of sp³-hybridized carbons (Fsp3) is 0.500. The highest BCUT2D eigenvalue weighted by Gasteiger charge is 2.35. The van der Waals surface area contributed by atoms with Crippen LogP contribution in [0.5, 0.6) is 0 Å². The van der Waals surface area contributed by atoms with Gasteiger partial charge in [0, 0.05) is 18.5 Å². The van der Waals surface area contributed by atoms with E-state index in [0.29, 0.717) is 0 Å². The van der Waals surface area contributed by atoms with Gasteiger partial charge in [0.05, 0.1) is 17.7 Å². The molecular formula is C12H17F3N2O. The minimum atomic E-state index is -4.44. The van der Waals surface area contributed by atoms with Crippen LogP contribution in [-0.4, -0.2) is 19.3 Å². The monoisotopic (exact) mass is 262 g/mol. The first-order valence-electron chi connectivity index (χ1n) is 5.39. The Bertz CT molecular complexity index is 416. The van der Waals surface area contributed by atoms with Crippen molar-refractivity contribution in [3.05, 3.63) is 23.8 Å². The molecule has 0 atom stereocenters. The fourth-order valence-corrected chi connectivity index (χ4v) is 1.67. The van der Waals surface area contributed by atoms with Crippen molar-refractivity contribution in [3.8, 4) is 0 Å². The zero-order chi connectivity index (χ0) is 14.0. The number of nitrogens with one attached hydrogen (secondary N) is 1. The highest BCUT2D eigenvalue weighted by Crippen LogP contribution is 2.37. The smallest absolute Gasteiger partial charge is 0.399 e. The number of hydrogen-bond donors (Lipinski definition) is 2. The van der Waals surface area contributed by atoms with Crippen molar-refractivity contribution in [2.75, 3.05) is 24.8 Å². The topological polar surface area (TPSA) is 47.3 Å². The Hall–Kier alpha value is -1.43. The van der Waals surface area contributed by atoms with Gasteiger partial charge in [-0.2, -0.15) is 13.2 Å². The Morgan fingerprint density at radius 2 is 1.89 bits per heavy atom. The van der Waals surface area contributed by atoms with Gasteiger partial charge in [-0.25, -0.2) is 0 Å². The summed E-state index contributed by atoms with van der Waals surface area (Å²) in [5, 5.41) is 2.82. The third kappa shape index (κ3) is 3.80. The van der Waals surface area contributed by atoms with Gasteiger partial charge in [0.1, 0.15) is 0 Å². The van der Waals surface area contributed by atoms with Crippen molar-refractivity contribution < 1.29 is 17.9 Å². The number of alkyl halides is 3. The Kier molecular flexibility index (Phi) is 4.11. The molecule has 0 radical (unpaired) electrons. The third-order valence-electron chi connectivity index (χ3n) is 2.33. The van der Waals surface area contributed by atoms with Crippen LogP contribution in [0.3, 0.4) is 0 Å². The number of methoxy groups -OCH3 is 1. The molecule has 0 saturated heterocycles. The summed E-state index contributed by atoms with van der Waals surface area (Å²) < 4.78 is 43.5. The Morgan fingerprint density at radius 3 is 2.39 bits per heavy atom. The molecule has 3 N–H and O–H groups in total. The number of nitrogens with two attached hydrogens (primary N) is 1. The van der Waals surface area contributed by atoms with Crippen LogP contribution >= 0.6 is 0 Å². The van der Waals surface area contributed by atoms with Crippen molar-refractivity contribution >= 4 is 11.4 Å². The summed E-state index contributed by atoms with van der Waals surface area (Å²) in [4.78, 5) is 0. The van der Waals surface area contributed by atoms with Gasteiger partial charge in [-0.05, 0) is 32.0 Å². The number of ether oxygens (including phenoxy) is 1. The van der Waals surface area contributed by atoms with Gasteiger partial charge in [-0.3, -0.25) is 0 Å². The zero-order valence-corrected chi connectivity index (χ0v) is 10.6. The first-order valence-corrected chi connectivity index (χ1v) is 5.39. The molecule has 1 aromatic rings. The third-order valence-corrected chi connectivity index (χ3v) is 2.33. The molecule has 0 heterocycles. The van der Waals surface area contributed by atoms with Crippen molar-refractivity contribution in [1.29, 1.82) is 0 Å². The van der Waals surface area contributed by atoms with E-state index >= 15 is 0 Å². The van der Waals surface area contributed by atoms with E-state index in [1.54, 1.807) is 13.8 Å². The Balaban J connectivity index is 3.09. The van der Waals surface area contributed by atoms with Crippen LogP contribution in [0.2, 0.25) is 0 Å². The summed E-state index contributed by atoms with van der Waals surface area (Å²) in [5.41, 5.74) is 4.10. The Morgan fingerprint density at radius 1 is 1.28 bits per heavy atom. The van der Waals surface area contributed by atoms with Gasteiger partial charge >= 0.3 is 6.18 Å². The van der Waals surface area contributed by atoms with E-state index in [0.717, 1.165) is 6.07 Å². The average molecular weight is 262 g/mol. The average Bonchev–Trinajstić information content (AvgIpc) is 2.18. The standard InChI is InChI=1S/C12H17F3N2O/c1-11(2,7-18-3)17-10-5-4-8(16)6-9(10)12(13,14)15/h4-6,17H,7,16H2,1-3H3. The van der Waals surface area contributed by atoms with E-state index in [1.807, 2.05) is 0 Å². The SMILES string of the molecule is COCC(C)(C)Nc1ccc(N)cc1C(F)(F)F. The van der Waals surface area contributed by atoms with Gasteiger partial charge in [0.15, 0.2) is 0 Å². The molecule has 0 saturated carbocycles. The summed E-state index contributed by atoms with van der Waals surface area (Å²) in [6.45, 7) is 3.80. The summed E-state index contributed by atoms with van der Waals surface area (Å²) >= 11 is 0. The first kappa shape index (κ1) is 14.6. The molecule has 1 aromatic carbocycles. The molecular weight excluding hydrogens is 245 g/mol. The fourth-order valence-electron chi connectivity index (χ4n) is 1.67. The van der Waals surface area contributed by atoms with E-state index in [2.05, 4.69) is 5.32 Å². The minimum Gasteiger partial charge on any atom is -0.399 e. The molecule has 6 heteroatoms. The van der Waals surface area contributed by atoms with Gasteiger partial charge in [-0.1, -0.05) is 0 Å². The van der Waals surface area contributed by atoms with E-state index in [4.69, 9.17) is 10.5 Å². The normalized spacial score (nSPS) is 12.6. The number of benzene rings is 1. The summed E-state index contributed by atoms with van der Waals surface area (Å²) in [6.07, 6.45) is -4.44. The maximum atomic E-state index is 12.9. The van der Waals surface area contributed by atoms with Crippen molar-refractivity contribution in [1.82, 2.24) is 0 Å². The van der Waals surface area contributed by atoms with Gasteiger partial charge in [0.2, 0.25) is 0 Å². The largest absolute Gasteiger partial charge is 0.418 e. The lowest BCUT2D eigenvalue weighted by Crippen LogP contribution is -2.36. The molecule has 0 aromatic heterocycles. The first-order chi connectivity index (χ1) is 8.15. The summed E-state index contributed by atoms with van der Waals surface area (Å²) in [6, 6.07) is 3.68. The lowest BCUT2D eigenvalue weighted by atomic mass is 10.0. The van der Waals surface area contributed by atoms with Crippen LogP contribution in [0.15, 0.2) is 18.2 Å². The molecule has 0 fully saturated rings. The molecule has 0 aliphatic heterocycles. The second kappa shape index (κ2) is 5.06. The van der Waals surface area contributed by atoms with E-state index in [9.17, 15) is 13.2 Å². The van der Waals surface area contributed by atoms with Crippen LogP contribution in [0, 0.1) is 0 Å².